The molecule has 2 heterocycles. The van der Waals surface area contributed by atoms with Gasteiger partial charge in [0.05, 0.1) is 6.33 Å². The molecule has 2 aromatic heterocycles. The lowest BCUT2D eigenvalue weighted by atomic mass is 10.2. The van der Waals surface area contributed by atoms with Gasteiger partial charge >= 0.3 is 0 Å². The second kappa shape index (κ2) is 4.91. The maximum Gasteiger partial charge on any atom is 0.241 e. The number of rotatable bonds is 4. The third-order valence-corrected chi connectivity index (χ3v) is 2.72. The van der Waals surface area contributed by atoms with Gasteiger partial charge in [0, 0.05) is 6.54 Å². The molecule has 0 saturated carbocycles. The molecule has 7 nitrogen and oxygen atoms in total. The fourth-order valence-corrected chi connectivity index (χ4v) is 1.81. The smallest absolute Gasteiger partial charge is 0.241 e. The molecular formula is C12H13N7. The number of H-pyrrole nitrogens is 1. The normalized spacial score (nSPS) is 10.6. The summed E-state index contributed by atoms with van der Waals surface area (Å²) in [6.07, 6.45) is 1.58. The van der Waals surface area contributed by atoms with Gasteiger partial charge in [-0.2, -0.15) is 9.97 Å². The summed E-state index contributed by atoms with van der Waals surface area (Å²) >= 11 is 0. The fraction of sp³-hybridized carbons (Fsp3) is 0.0833. The molecular weight excluding hydrogens is 242 g/mol. The van der Waals surface area contributed by atoms with Crippen LogP contribution in [0.25, 0.3) is 11.2 Å². The molecule has 3 rings (SSSR count). The van der Waals surface area contributed by atoms with Gasteiger partial charge in [0.15, 0.2) is 11.5 Å². The topological polar surface area (TPSA) is 105 Å². The number of hydrogen-bond acceptors (Lipinski definition) is 6. The van der Waals surface area contributed by atoms with Crippen molar-refractivity contribution < 1.29 is 0 Å². The molecule has 3 aromatic rings. The number of nitrogens with zero attached hydrogens (tertiary/aromatic N) is 3. The average molecular weight is 255 g/mol. The Balaban J connectivity index is 1.89. The number of fused-ring (bicyclic) bond motifs is 1. The number of hydrazine groups is 1. The highest BCUT2D eigenvalue weighted by Crippen LogP contribution is 2.18. The number of imidazole rings is 1. The van der Waals surface area contributed by atoms with Gasteiger partial charge in [-0.05, 0) is 5.56 Å². The van der Waals surface area contributed by atoms with E-state index in [1.165, 1.54) is 0 Å². The number of aromatic nitrogens is 4. The van der Waals surface area contributed by atoms with E-state index in [1.807, 2.05) is 30.3 Å². The first-order valence-electron chi connectivity index (χ1n) is 5.82. The second-order valence-corrected chi connectivity index (χ2v) is 3.98. The first-order chi connectivity index (χ1) is 9.36. The van der Waals surface area contributed by atoms with Crippen molar-refractivity contribution in [3.05, 3.63) is 42.2 Å². The van der Waals surface area contributed by atoms with E-state index in [9.17, 15) is 0 Å². The largest absolute Gasteiger partial charge is 0.364 e. The summed E-state index contributed by atoms with van der Waals surface area (Å²) in [5.41, 5.74) is 4.92. The van der Waals surface area contributed by atoms with Crippen molar-refractivity contribution in [3.8, 4) is 0 Å². The van der Waals surface area contributed by atoms with Gasteiger partial charge in [0.2, 0.25) is 5.95 Å². The molecule has 0 atom stereocenters. The lowest BCUT2D eigenvalue weighted by Crippen LogP contribution is -2.12. The zero-order chi connectivity index (χ0) is 13.1. The number of nitrogens with one attached hydrogen (secondary N) is 3. The van der Waals surface area contributed by atoms with Gasteiger partial charge in [-0.15, -0.1) is 0 Å². The first-order valence-corrected chi connectivity index (χ1v) is 5.82. The summed E-state index contributed by atoms with van der Waals surface area (Å²) in [4.78, 5) is 15.5. The Morgan fingerprint density at radius 3 is 2.79 bits per heavy atom. The Hall–Kier alpha value is -2.67. The van der Waals surface area contributed by atoms with E-state index in [1.54, 1.807) is 6.33 Å². The molecule has 0 aliphatic heterocycles. The van der Waals surface area contributed by atoms with E-state index in [2.05, 4.69) is 30.7 Å². The minimum Gasteiger partial charge on any atom is -0.364 e. The molecule has 0 radical (unpaired) electrons. The van der Waals surface area contributed by atoms with Gasteiger partial charge in [-0.3, -0.25) is 5.43 Å². The van der Waals surface area contributed by atoms with E-state index < -0.39 is 0 Å². The highest BCUT2D eigenvalue weighted by molar-refractivity contribution is 5.83. The van der Waals surface area contributed by atoms with Gasteiger partial charge in [-0.25, -0.2) is 10.8 Å². The predicted molar refractivity (Wildman–Crippen MR) is 73.3 cm³/mol. The van der Waals surface area contributed by atoms with E-state index in [0.717, 1.165) is 11.1 Å². The minimum atomic E-state index is 0.329. The Labute approximate surface area is 109 Å². The molecule has 5 N–H and O–H groups in total. The number of aromatic amines is 1. The zero-order valence-electron chi connectivity index (χ0n) is 10.1. The summed E-state index contributed by atoms with van der Waals surface area (Å²) < 4.78 is 0. The third kappa shape index (κ3) is 2.31. The van der Waals surface area contributed by atoms with Gasteiger partial charge < -0.3 is 10.3 Å². The number of nitrogen functional groups attached to an aromatic ring is 1. The van der Waals surface area contributed by atoms with E-state index in [0.29, 0.717) is 24.0 Å². The predicted octanol–water partition coefficient (Wildman–Crippen LogP) is 1.25. The molecule has 1 aromatic carbocycles. The standard InChI is InChI=1S/C12H13N7/c13-19-12-17-10(9-11(18-12)16-7-15-9)14-6-8-4-2-1-3-5-8/h1-5,7H,6,13H2,(H3,14,15,16,17,18,19). The highest BCUT2D eigenvalue weighted by atomic mass is 15.3. The zero-order valence-corrected chi connectivity index (χ0v) is 10.1. The number of anilines is 2. The maximum atomic E-state index is 5.35. The number of hydrogen-bond donors (Lipinski definition) is 4. The van der Waals surface area contributed by atoms with Crippen molar-refractivity contribution in [1.82, 2.24) is 19.9 Å². The molecule has 0 unspecified atom stereocenters. The molecule has 0 saturated heterocycles. The van der Waals surface area contributed by atoms with Crippen LogP contribution in [0.2, 0.25) is 0 Å². The van der Waals surface area contributed by atoms with Crippen LogP contribution in [-0.4, -0.2) is 19.9 Å². The molecule has 0 amide bonds. The van der Waals surface area contributed by atoms with Crippen LogP contribution >= 0.6 is 0 Å². The summed E-state index contributed by atoms with van der Waals surface area (Å²) in [5.74, 6) is 6.34. The summed E-state index contributed by atoms with van der Waals surface area (Å²) in [6, 6.07) is 10.1. The van der Waals surface area contributed by atoms with Crippen molar-refractivity contribution in [3.63, 3.8) is 0 Å². The molecule has 7 heteroatoms. The van der Waals surface area contributed by atoms with Crippen LogP contribution < -0.4 is 16.6 Å². The summed E-state index contributed by atoms with van der Waals surface area (Å²) in [7, 11) is 0. The number of nitrogens with two attached hydrogens (primary N) is 1. The lowest BCUT2D eigenvalue weighted by Gasteiger charge is -2.07. The average Bonchev–Trinajstić information content (AvgIpc) is 2.94. The first kappa shape index (κ1) is 11.4. The molecule has 19 heavy (non-hydrogen) atoms. The quantitative estimate of drug-likeness (QED) is 0.413. The van der Waals surface area contributed by atoms with Crippen molar-refractivity contribution in [1.29, 1.82) is 0 Å². The minimum absolute atomic E-state index is 0.329. The van der Waals surface area contributed by atoms with Crippen molar-refractivity contribution in [2.45, 2.75) is 6.54 Å². The SMILES string of the molecule is NNc1nc(NCc2ccccc2)c2[nH]cnc2n1. The third-order valence-electron chi connectivity index (χ3n) is 2.72. The Bertz CT molecular complexity index is 677. The van der Waals surface area contributed by atoms with Crippen molar-refractivity contribution in [2.75, 3.05) is 10.7 Å². The Kier molecular flexibility index (Phi) is 2.95. The number of benzene rings is 1. The summed E-state index contributed by atoms with van der Waals surface area (Å²) in [6.45, 7) is 0.663. The van der Waals surface area contributed by atoms with Gasteiger partial charge in [0.25, 0.3) is 0 Å². The lowest BCUT2D eigenvalue weighted by molar-refractivity contribution is 1.08. The Morgan fingerprint density at radius 2 is 2.00 bits per heavy atom. The van der Waals surface area contributed by atoms with Crippen LogP contribution in [0.5, 0.6) is 0 Å². The maximum absolute atomic E-state index is 5.35. The molecule has 0 bridgehead atoms. The Morgan fingerprint density at radius 1 is 1.16 bits per heavy atom. The van der Waals surface area contributed by atoms with Gasteiger partial charge in [0.1, 0.15) is 5.52 Å². The second-order valence-electron chi connectivity index (χ2n) is 3.98. The van der Waals surface area contributed by atoms with Crippen LogP contribution in [0.15, 0.2) is 36.7 Å². The molecule has 96 valence electrons. The fourth-order valence-electron chi connectivity index (χ4n) is 1.81. The monoisotopic (exact) mass is 255 g/mol. The van der Waals surface area contributed by atoms with E-state index >= 15 is 0 Å². The van der Waals surface area contributed by atoms with Crippen molar-refractivity contribution >= 4 is 22.9 Å². The van der Waals surface area contributed by atoms with Crippen molar-refractivity contribution in [2.24, 2.45) is 5.84 Å². The van der Waals surface area contributed by atoms with Crippen LogP contribution in [0, 0.1) is 0 Å². The van der Waals surface area contributed by atoms with E-state index in [-0.39, 0.29) is 0 Å². The summed E-state index contributed by atoms with van der Waals surface area (Å²) in [5, 5.41) is 3.25. The van der Waals surface area contributed by atoms with Crippen LogP contribution in [0.1, 0.15) is 5.56 Å². The van der Waals surface area contributed by atoms with Crippen LogP contribution in [0.4, 0.5) is 11.8 Å². The molecule has 0 aliphatic carbocycles. The van der Waals surface area contributed by atoms with Gasteiger partial charge in [-0.1, -0.05) is 30.3 Å². The molecule has 0 fully saturated rings. The molecule has 0 spiro atoms. The van der Waals surface area contributed by atoms with E-state index in [4.69, 9.17) is 5.84 Å². The van der Waals surface area contributed by atoms with Crippen LogP contribution in [-0.2, 0) is 6.54 Å². The molecule has 0 aliphatic rings. The highest BCUT2D eigenvalue weighted by Gasteiger charge is 2.08. The van der Waals surface area contributed by atoms with Crippen LogP contribution in [0.3, 0.4) is 0 Å².